The van der Waals surface area contributed by atoms with Gasteiger partial charge in [0.1, 0.15) is 18.2 Å². The summed E-state index contributed by atoms with van der Waals surface area (Å²) in [6, 6.07) is 4.39. The van der Waals surface area contributed by atoms with Gasteiger partial charge in [0.05, 0.1) is 17.9 Å². The molecule has 0 N–H and O–H groups in total. The van der Waals surface area contributed by atoms with E-state index >= 15 is 0 Å². The van der Waals surface area contributed by atoms with Crippen LogP contribution in [0.15, 0.2) is 36.9 Å². The number of hydrogen-bond donors (Lipinski definition) is 0. The molecule has 0 saturated heterocycles. The number of aromatic nitrogens is 2. The minimum absolute atomic E-state index is 0.0990. The number of halogens is 2. The van der Waals surface area contributed by atoms with Crippen molar-refractivity contribution in [2.45, 2.75) is 6.54 Å². The molecule has 0 amide bonds. The summed E-state index contributed by atoms with van der Waals surface area (Å²) in [5, 5.41) is 0.0990. The third-order valence-electron chi connectivity index (χ3n) is 2.07. The van der Waals surface area contributed by atoms with Gasteiger partial charge in [-0.05, 0) is 12.1 Å². The Hall–Kier alpha value is -1.55. The molecule has 0 saturated carbocycles. The van der Waals surface area contributed by atoms with Crippen LogP contribution >= 0.6 is 11.6 Å². The van der Waals surface area contributed by atoms with Crippen LogP contribution in [0.4, 0.5) is 4.39 Å². The Balaban J connectivity index is 1.87. The van der Waals surface area contributed by atoms with Crippen molar-refractivity contribution in [2.75, 3.05) is 6.61 Å². The van der Waals surface area contributed by atoms with Crippen molar-refractivity contribution in [3.8, 4) is 5.75 Å². The van der Waals surface area contributed by atoms with E-state index in [1.165, 1.54) is 12.1 Å². The first-order valence-corrected chi connectivity index (χ1v) is 5.17. The van der Waals surface area contributed by atoms with Crippen LogP contribution in [0.1, 0.15) is 0 Å². The van der Waals surface area contributed by atoms with E-state index in [0.717, 1.165) is 0 Å². The molecule has 2 aromatic rings. The molecule has 0 aliphatic rings. The number of nitrogens with zero attached hydrogens (tertiary/aromatic N) is 2. The number of rotatable bonds is 4. The highest BCUT2D eigenvalue weighted by molar-refractivity contribution is 6.30. The zero-order valence-electron chi connectivity index (χ0n) is 8.44. The number of benzene rings is 1. The van der Waals surface area contributed by atoms with Crippen molar-refractivity contribution in [3.63, 3.8) is 0 Å². The maximum absolute atomic E-state index is 13.1. The van der Waals surface area contributed by atoms with E-state index in [1.54, 1.807) is 18.6 Å². The summed E-state index contributed by atoms with van der Waals surface area (Å²) in [4.78, 5) is 3.90. The molecule has 16 heavy (non-hydrogen) atoms. The summed E-state index contributed by atoms with van der Waals surface area (Å²) in [6.07, 6.45) is 5.24. The molecule has 0 atom stereocenters. The zero-order chi connectivity index (χ0) is 11.4. The summed E-state index contributed by atoms with van der Waals surface area (Å²) in [6.45, 7) is 1.13. The Morgan fingerprint density at radius 2 is 2.31 bits per heavy atom. The van der Waals surface area contributed by atoms with E-state index in [9.17, 15) is 4.39 Å². The van der Waals surface area contributed by atoms with Crippen molar-refractivity contribution in [3.05, 3.63) is 47.8 Å². The quantitative estimate of drug-likeness (QED) is 0.822. The van der Waals surface area contributed by atoms with Crippen LogP contribution in [-0.2, 0) is 6.54 Å². The lowest BCUT2D eigenvalue weighted by Crippen LogP contribution is -2.06. The molecule has 0 spiro atoms. The third kappa shape index (κ3) is 2.73. The summed E-state index contributed by atoms with van der Waals surface area (Å²) in [5.74, 6) is 0.00353. The minimum Gasteiger partial charge on any atom is -0.492 e. The summed E-state index contributed by atoms with van der Waals surface area (Å²) >= 11 is 5.55. The highest BCUT2D eigenvalue weighted by Gasteiger charge is 2.01. The molecular weight excluding hydrogens is 231 g/mol. The van der Waals surface area contributed by atoms with Gasteiger partial charge < -0.3 is 9.30 Å². The average Bonchev–Trinajstić information content (AvgIpc) is 2.76. The maximum Gasteiger partial charge on any atom is 0.145 e. The van der Waals surface area contributed by atoms with E-state index in [1.807, 2.05) is 10.8 Å². The lowest BCUT2D eigenvalue weighted by molar-refractivity contribution is 0.297. The Bertz CT molecular complexity index is 459. The van der Waals surface area contributed by atoms with E-state index in [0.29, 0.717) is 18.9 Å². The second kappa shape index (κ2) is 4.99. The molecule has 3 nitrogen and oxygen atoms in total. The molecule has 0 unspecified atom stereocenters. The molecule has 0 bridgehead atoms. The van der Waals surface area contributed by atoms with Crippen molar-refractivity contribution in [1.29, 1.82) is 0 Å². The molecular formula is C11H10ClFN2O. The third-order valence-corrected chi connectivity index (χ3v) is 2.37. The van der Waals surface area contributed by atoms with Crippen molar-refractivity contribution >= 4 is 11.6 Å². The fraction of sp³-hybridized carbons (Fsp3) is 0.182. The van der Waals surface area contributed by atoms with Crippen LogP contribution in [0, 0.1) is 5.82 Å². The highest BCUT2D eigenvalue weighted by Crippen LogP contribution is 2.20. The molecule has 1 aromatic heterocycles. The van der Waals surface area contributed by atoms with Crippen LogP contribution in [0.25, 0.3) is 0 Å². The van der Waals surface area contributed by atoms with Crippen molar-refractivity contribution < 1.29 is 9.13 Å². The van der Waals surface area contributed by atoms with Gasteiger partial charge in [0, 0.05) is 18.5 Å². The van der Waals surface area contributed by atoms with E-state index in [-0.39, 0.29) is 5.02 Å². The molecule has 5 heteroatoms. The van der Waals surface area contributed by atoms with Crippen LogP contribution < -0.4 is 4.74 Å². The first kappa shape index (κ1) is 11.0. The maximum atomic E-state index is 13.1. The van der Waals surface area contributed by atoms with Gasteiger partial charge in [-0.2, -0.15) is 0 Å². The predicted octanol–water partition coefficient (Wildman–Crippen LogP) is 2.75. The van der Waals surface area contributed by atoms with Crippen LogP contribution in [0.3, 0.4) is 0 Å². The number of ether oxygens (including phenoxy) is 1. The van der Waals surface area contributed by atoms with Gasteiger partial charge in [-0.15, -0.1) is 0 Å². The zero-order valence-corrected chi connectivity index (χ0v) is 9.19. The lowest BCUT2D eigenvalue weighted by atomic mass is 10.3. The van der Waals surface area contributed by atoms with Gasteiger partial charge in [0.25, 0.3) is 0 Å². The van der Waals surface area contributed by atoms with Gasteiger partial charge in [-0.3, -0.25) is 0 Å². The standard InChI is InChI=1S/C11H10ClFN2O/c12-10-2-1-9(7-11(10)13)16-6-5-15-4-3-14-8-15/h1-4,7-8H,5-6H2. The topological polar surface area (TPSA) is 27.1 Å². The summed E-state index contributed by atoms with van der Waals surface area (Å²) in [5.41, 5.74) is 0. The Morgan fingerprint density at radius 3 is 3.00 bits per heavy atom. The Labute approximate surface area is 97.4 Å². The second-order valence-corrected chi connectivity index (χ2v) is 3.63. The molecule has 1 aromatic carbocycles. The summed E-state index contributed by atoms with van der Waals surface area (Å²) < 4.78 is 20.3. The first-order chi connectivity index (χ1) is 7.75. The summed E-state index contributed by atoms with van der Waals surface area (Å²) in [7, 11) is 0. The lowest BCUT2D eigenvalue weighted by Gasteiger charge is -2.06. The predicted molar refractivity (Wildman–Crippen MR) is 59.1 cm³/mol. The number of hydrogen-bond acceptors (Lipinski definition) is 2. The molecule has 2 rings (SSSR count). The first-order valence-electron chi connectivity index (χ1n) is 4.79. The molecule has 0 aliphatic carbocycles. The Kier molecular flexibility index (Phi) is 3.41. The molecule has 1 heterocycles. The average molecular weight is 241 g/mol. The van der Waals surface area contributed by atoms with E-state index < -0.39 is 5.82 Å². The van der Waals surface area contributed by atoms with Gasteiger partial charge in [0.2, 0.25) is 0 Å². The van der Waals surface area contributed by atoms with Gasteiger partial charge in [-0.1, -0.05) is 11.6 Å². The monoisotopic (exact) mass is 240 g/mol. The van der Waals surface area contributed by atoms with Crippen LogP contribution in [0.5, 0.6) is 5.75 Å². The SMILES string of the molecule is Fc1cc(OCCn2ccnc2)ccc1Cl. The normalized spacial score (nSPS) is 10.4. The molecule has 0 aliphatic heterocycles. The van der Waals surface area contributed by atoms with E-state index in [4.69, 9.17) is 16.3 Å². The largest absolute Gasteiger partial charge is 0.492 e. The van der Waals surface area contributed by atoms with Crippen molar-refractivity contribution in [2.24, 2.45) is 0 Å². The van der Waals surface area contributed by atoms with E-state index in [2.05, 4.69) is 4.98 Å². The number of imidazole rings is 1. The smallest absolute Gasteiger partial charge is 0.145 e. The van der Waals surface area contributed by atoms with Gasteiger partial charge in [-0.25, -0.2) is 9.37 Å². The second-order valence-electron chi connectivity index (χ2n) is 3.22. The van der Waals surface area contributed by atoms with Crippen LogP contribution in [-0.4, -0.2) is 16.2 Å². The van der Waals surface area contributed by atoms with Gasteiger partial charge >= 0.3 is 0 Å². The van der Waals surface area contributed by atoms with Crippen LogP contribution in [0.2, 0.25) is 5.02 Å². The highest BCUT2D eigenvalue weighted by atomic mass is 35.5. The molecule has 84 valence electrons. The minimum atomic E-state index is -0.471. The van der Waals surface area contributed by atoms with Crippen molar-refractivity contribution in [1.82, 2.24) is 9.55 Å². The fourth-order valence-corrected chi connectivity index (χ4v) is 1.37. The fourth-order valence-electron chi connectivity index (χ4n) is 1.25. The molecule has 0 fully saturated rings. The Morgan fingerprint density at radius 1 is 1.44 bits per heavy atom. The molecule has 0 radical (unpaired) electrons. The van der Waals surface area contributed by atoms with Gasteiger partial charge in [0.15, 0.2) is 0 Å².